The van der Waals surface area contributed by atoms with Gasteiger partial charge in [-0.2, -0.15) is 8.42 Å². The number of ether oxygens (including phenoxy) is 3. The van der Waals surface area contributed by atoms with Gasteiger partial charge in [0.25, 0.3) is 10.1 Å². The van der Waals surface area contributed by atoms with Crippen LogP contribution in [0.5, 0.6) is 5.75 Å². The highest BCUT2D eigenvalue weighted by Crippen LogP contribution is 2.17. The molecule has 0 spiro atoms. The van der Waals surface area contributed by atoms with E-state index in [1.807, 2.05) is 19.1 Å². The van der Waals surface area contributed by atoms with Gasteiger partial charge in [-0.3, -0.25) is 4.55 Å². The van der Waals surface area contributed by atoms with Gasteiger partial charge in [-0.15, -0.1) is 0 Å². The summed E-state index contributed by atoms with van der Waals surface area (Å²) in [6.45, 7) is 4.50. The van der Waals surface area contributed by atoms with E-state index in [9.17, 15) is 8.42 Å². The van der Waals surface area contributed by atoms with Crippen LogP contribution in [0.25, 0.3) is 0 Å². The first-order valence-corrected chi connectivity index (χ1v) is 11.5. The van der Waals surface area contributed by atoms with Crippen molar-refractivity contribution in [3.05, 3.63) is 29.8 Å². The zero-order valence-corrected chi connectivity index (χ0v) is 17.4. The molecule has 1 aromatic rings. The lowest BCUT2D eigenvalue weighted by molar-refractivity contribution is -0.116. The molecule has 7 heteroatoms. The van der Waals surface area contributed by atoms with Crippen molar-refractivity contribution in [2.45, 2.75) is 65.1 Å². The molecule has 156 valence electrons. The van der Waals surface area contributed by atoms with E-state index in [2.05, 4.69) is 19.1 Å². The number of hydrogen-bond acceptors (Lipinski definition) is 5. The summed E-state index contributed by atoms with van der Waals surface area (Å²) in [6.07, 6.45) is 8.15. The molecule has 1 rings (SSSR count). The lowest BCUT2D eigenvalue weighted by Gasteiger charge is -2.19. The van der Waals surface area contributed by atoms with Crippen LogP contribution in [0.15, 0.2) is 24.3 Å². The molecule has 0 saturated heterocycles. The molecule has 1 N–H and O–H groups in total. The van der Waals surface area contributed by atoms with Gasteiger partial charge in [0, 0.05) is 6.61 Å². The Kier molecular flexibility index (Phi) is 12.3. The van der Waals surface area contributed by atoms with E-state index in [1.54, 1.807) is 0 Å². The Morgan fingerprint density at radius 3 is 2.30 bits per heavy atom. The standard InChI is InChI=1S/C20H34O6S/c1-3-5-6-7-8-9-10-18-11-13-19(14-12-18)26-20(25-4-2)17-24-15-16-27(21,22)23/h11-14,20H,3-10,15-17H2,1-2H3,(H,21,22,23). The second kappa shape index (κ2) is 13.9. The third-order valence-corrected chi connectivity index (χ3v) is 4.78. The maximum absolute atomic E-state index is 10.7. The van der Waals surface area contributed by atoms with Crippen LogP contribution in [-0.2, 0) is 26.0 Å². The third kappa shape index (κ3) is 12.8. The van der Waals surface area contributed by atoms with Gasteiger partial charge in [-0.25, -0.2) is 0 Å². The number of rotatable bonds is 16. The second-order valence-corrected chi connectivity index (χ2v) is 8.10. The highest BCUT2D eigenvalue weighted by Gasteiger charge is 2.12. The van der Waals surface area contributed by atoms with Crippen LogP contribution in [0.2, 0.25) is 0 Å². The van der Waals surface area contributed by atoms with Gasteiger partial charge in [0.2, 0.25) is 6.29 Å². The third-order valence-electron chi connectivity index (χ3n) is 4.10. The fraction of sp³-hybridized carbons (Fsp3) is 0.700. The fourth-order valence-electron chi connectivity index (χ4n) is 2.64. The predicted octanol–water partition coefficient (Wildman–Crippen LogP) is 4.24. The fourth-order valence-corrected chi connectivity index (χ4v) is 2.97. The van der Waals surface area contributed by atoms with E-state index in [1.165, 1.54) is 44.1 Å². The largest absolute Gasteiger partial charge is 0.462 e. The summed E-state index contributed by atoms with van der Waals surface area (Å²) in [6, 6.07) is 7.94. The summed E-state index contributed by atoms with van der Waals surface area (Å²) in [5.74, 6) is 0.234. The molecule has 0 amide bonds. The first-order chi connectivity index (χ1) is 12.9. The average Bonchev–Trinajstić information content (AvgIpc) is 2.62. The average molecular weight is 403 g/mol. The van der Waals surface area contributed by atoms with Gasteiger partial charge < -0.3 is 14.2 Å². The van der Waals surface area contributed by atoms with Crippen molar-refractivity contribution in [3.63, 3.8) is 0 Å². The van der Waals surface area contributed by atoms with Gasteiger partial charge in [-0.05, 0) is 37.5 Å². The molecule has 1 unspecified atom stereocenters. The molecule has 0 saturated carbocycles. The summed E-state index contributed by atoms with van der Waals surface area (Å²) in [4.78, 5) is 0. The van der Waals surface area contributed by atoms with Crippen LogP contribution in [-0.4, -0.2) is 44.8 Å². The van der Waals surface area contributed by atoms with Crippen LogP contribution < -0.4 is 4.74 Å². The molecule has 27 heavy (non-hydrogen) atoms. The van der Waals surface area contributed by atoms with Crippen molar-refractivity contribution in [2.75, 3.05) is 25.6 Å². The van der Waals surface area contributed by atoms with Crippen molar-refractivity contribution < 1.29 is 27.2 Å². The Morgan fingerprint density at radius 2 is 1.67 bits per heavy atom. The molecule has 0 aromatic heterocycles. The molecule has 1 atom stereocenters. The van der Waals surface area contributed by atoms with Gasteiger partial charge in [0.05, 0.1) is 12.4 Å². The maximum atomic E-state index is 10.7. The van der Waals surface area contributed by atoms with Crippen LogP contribution in [0, 0.1) is 0 Å². The Hall–Kier alpha value is -1.15. The molecule has 1 aromatic carbocycles. The maximum Gasteiger partial charge on any atom is 0.267 e. The van der Waals surface area contributed by atoms with Crippen LogP contribution >= 0.6 is 0 Å². The van der Waals surface area contributed by atoms with Crippen molar-refractivity contribution in [3.8, 4) is 5.75 Å². The number of hydrogen-bond donors (Lipinski definition) is 1. The Labute approximate surface area is 164 Å². The molecular weight excluding hydrogens is 368 g/mol. The Morgan fingerprint density at radius 1 is 1.00 bits per heavy atom. The summed E-state index contributed by atoms with van der Waals surface area (Å²) in [5, 5.41) is 0. The topological polar surface area (TPSA) is 82.1 Å². The summed E-state index contributed by atoms with van der Waals surface area (Å²) in [5.41, 5.74) is 1.29. The summed E-state index contributed by atoms with van der Waals surface area (Å²) < 4.78 is 46.5. The first-order valence-electron chi connectivity index (χ1n) is 9.84. The minimum Gasteiger partial charge on any atom is -0.462 e. The van der Waals surface area contributed by atoms with Crippen LogP contribution in [0.1, 0.15) is 57.9 Å². The van der Waals surface area contributed by atoms with Crippen molar-refractivity contribution >= 4 is 10.1 Å². The summed E-state index contributed by atoms with van der Waals surface area (Å²) in [7, 11) is -4.02. The predicted molar refractivity (Wildman–Crippen MR) is 107 cm³/mol. The molecule has 0 aliphatic heterocycles. The monoisotopic (exact) mass is 402 g/mol. The number of unbranched alkanes of at least 4 members (excludes halogenated alkanes) is 5. The van der Waals surface area contributed by atoms with Crippen LogP contribution in [0.3, 0.4) is 0 Å². The molecule has 0 heterocycles. The van der Waals surface area contributed by atoms with E-state index in [0.717, 1.165) is 6.42 Å². The SMILES string of the molecule is CCCCCCCCc1ccc(OC(COCCS(=O)(=O)O)OCC)cc1. The van der Waals surface area contributed by atoms with Gasteiger partial charge in [0.1, 0.15) is 12.4 Å². The molecule has 6 nitrogen and oxygen atoms in total. The first kappa shape index (κ1) is 23.9. The Balaban J connectivity index is 2.34. The number of aryl methyl sites for hydroxylation is 1. The highest BCUT2D eigenvalue weighted by molar-refractivity contribution is 7.85. The minimum absolute atomic E-state index is 0.0862. The van der Waals surface area contributed by atoms with Crippen LogP contribution in [0.4, 0.5) is 0 Å². The highest BCUT2D eigenvalue weighted by atomic mass is 32.2. The quantitative estimate of drug-likeness (QED) is 0.253. The Bertz CT molecular complexity index is 585. The zero-order chi connectivity index (χ0) is 20.0. The normalized spacial score (nSPS) is 12.9. The lowest BCUT2D eigenvalue weighted by atomic mass is 10.0. The zero-order valence-electron chi connectivity index (χ0n) is 16.6. The molecular formula is C20H34O6S. The molecule has 0 radical (unpaired) electrons. The summed E-state index contributed by atoms with van der Waals surface area (Å²) >= 11 is 0. The van der Waals surface area contributed by atoms with E-state index >= 15 is 0 Å². The molecule has 0 aliphatic carbocycles. The van der Waals surface area contributed by atoms with E-state index in [0.29, 0.717) is 12.4 Å². The lowest BCUT2D eigenvalue weighted by Crippen LogP contribution is -2.27. The molecule has 0 fully saturated rings. The second-order valence-electron chi connectivity index (χ2n) is 6.53. The van der Waals surface area contributed by atoms with Crippen molar-refractivity contribution in [2.24, 2.45) is 0 Å². The van der Waals surface area contributed by atoms with E-state index in [-0.39, 0.29) is 13.2 Å². The molecule has 0 bridgehead atoms. The van der Waals surface area contributed by atoms with Gasteiger partial charge in [-0.1, -0.05) is 51.2 Å². The smallest absolute Gasteiger partial charge is 0.267 e. The van der Waals surface area contributed by atoms with E-state index in [4.69, 9.17) is 18.8 Å². The van der Waals surface area contributed by atoms with E-state index < -0.39 is 22.2 Å². The minimum atomic E-state index is -4.02. The number of benzene rings is 1. The van der Waals surface area contributed by atoms with Gasteiger partial charge >= 0.3 is 0 Å². The molecule has 0 aliphatic rings. The van der Waals surface area contributed by atoms with Crippen molar-refractivity contribution in [1.82, 2.24) is 0 Å². The van der Waals surface area contributed by atoms with Gasteiger partial charge in [0.15, 0.2) is 0 Å². The van der Waals surface area contributed by atoms with Crippen molar-refractivity contribution in [1.29, 1.82) is 0 Å².